The molecule has 2 heterocycles. The lowest BCUT2D eigenvalue weighted by molar-refractivity contribution is -0.384. The third kappa shape index (κ3) is 3.62. The number of nitro groups is 1. The summed E-state index contributed by atoms with van der Waals surface area (Å²) in [7, 11) is 0. The van der Waals surface area contributed by atoms with E-state index < -0.39 is 4.92 Å². The molecular formula is C20H17N5O4. The molecule has 0 saturated carbocycles. The Morgan fingerprint density at radius 3 is 2.14 bits per heavy atom. The maximum atomic E-state index is 12.3. The molecule has 0 saturated heterocycles. The van der Waals surface area contributed by atoms with Gasteiger partial charge in [-0.05, 0) is 37.1 Å². The van der Waals surface area contributed by atoms with Crippen molar-refractivity contribution in [3.63, 3.8) is 0 Å². The highest BCUT2D eigenvalue weighted by Crippen LogP contribution is 2.23. The highest BCUT2D eigenvalue weighted by Gasteiger charge is 2.34. The van der Waals surface area contributed by atoms with Crippen LogP contribution in [-0.4, -0.2) is 42.9 Å². The van der Waals surface area contributed by atoms with Crippen LogP contribution in [0.5, 0.6) is 0 Å². The van der Waals surface area contributed by atoms with Crippen molar-refractivity contribution in [2.24, 2.45) is 0 Å². The van der Waals surface area contributed by atoms with E-state index in [0.717, 1.165) is 6.42 Å². The fourth-order valence-corrected chi connectivity index (χ4v) is 3.25. The van der Waals surface area contributed by atoms with E-state index in [2.05, 4.69) is 10.1 Å². The molecule has 3 aromatic rings. The number of rotatable bonds is 7. The summed E-state index contributed by atoms with van der Waals surface area (Å²) >= 11 is 0. The second kappa shape index (κ2) is 7.63. The number of imide groups is 1. The molecular weight excluding hydrogens is 374 g/mol. The Morgan fingerprint density at radius 1 is 0.897 bits per heavy atom. The summed E-state index contributed by atoms with van der Waals surface area (Å²) in [4.78, 5) is 40.5. The Balaban J connectivity index is 1.30. The molecule has 2 amide bonds. The number of aromatic nitrogens is 3. The topological polar surface area (TPSA) is 111 Å². The van der Waals surface area contributed by atoms with Gasteiger partial charge in [0.1, 0.15) is 6.33 Å². The molecule has 0 unspecified atom stereocenters. The maximum Gasteiger partial charge on any atom is 0.269 e. The van der Waals surface area contributed by atoms with E-state index in [0.29, 0.717) is 42.0 Å². The number of hydrogen-bond acceptors (Lipinski definition) is 6. The average Bonchev–Trinajstić information content (AvgIpc) is 3.30. The molecule has 0 bridgehead atoms. The Hall–Kier alpha value is -3.88. The van der Waals surface area contributed by atoms with Crippen LogP contribution in [0.2, 0.25) is 0 Å². The lowest BCUT2D eigenvalue weighted by Gasteiger charge is -2.13. The third-order valence-corrected chi connectivity index (χ3v) is 4.77. The van der Waals surface area contributed by atoms with Gasteiger partial charge in [0.15, 0.2) is 5.82 Å². The summed E-state index contributed by atoms with van der Waals surface area (Å²) in [6.45, 7) is 0.944. The summed E-state index contributed by atoms with van der Waals surface area (Å²) in [6.07, 6.45) is 2.97. The van der Waals surface area contributed by atoms with Crippen LogP contribution in [-0.2, 0) is 6.54 Å². The largest absolute Gasteiger partial charge is 0.274 e. The molecule has 0 aliphatic carbocycles. The Kier molecular flexibility index (Phi) is 4.86. The maximum absolute atomic E-state index is 12.3. The summed E-state index contributed by atoms with van der Waals surface area (Å²) < 4.78 is 1.68. The van der Waals surface area contributed by atoms with Crippen LogP contribution in [0, 0.1) is 10.1 Å². The van der Waals surface area contributed by atoms with E-state index in [4.69, 9.17) is 0 Å². The SMILES string of the molecule is O=C1c2ccccc2C(=O)N1CCCCn1cnc(-c2ccc([N+](=O)[O-])cc2)n1. The van der Waals surface area contributed by atoms with Gasteiger partial charge >= 0.3 is 0 Å². The van der Waals surface area contributed by atoms with E-state index in [9.17, 15) is 19.7 Å². The van der Waals surface area contributed by atoms with E-state index >= 15 is 0 Å². The van der Waals surface area contributed by atoms with E-state index in [1.807, 2.05) is 0 Å². The fraction of sp³-hybridized carbons (Fsp3) is 0.200. The number of nitrogens with zero attached hydrogens (tertiary/aromatic N) is 5. The van der Waals surface area contributed by atoms with Crippen molar-refractivity contribution < 1.29 is 14.5 Å². The van der Waals surface area contributed by atoms with Crippen LogP contribution in [0.3, 0.4) is 0 Å². The smallest absolute Gasteiger partial charge is 0.269 e. The second-order valence-electron chi connectivity index (χ2n) is 6.65. The summed E-state index contributed by atoms with van der Waals surface area (Å²) in [5.74, 6) is -0.00104. The van der Waals surface area contributed by atoms with Gasteiger partial charge in [-0.15, -0.1) is 0 Å². The molecule has 0 spiro atoms. The minimum Gasteiger partial charge on any atom is -0.274 e. The molecule has 1 aromatic heterocycles. The number of unbranched alkanes of at least 4 members (excludes halogenated alkanes) is 1. The van der Waals surface area contributed by atoms with Crippen molar-refractivity contribution in [3.05, 3.63) is 76.1 Å². The van der Waals surface area contributed by atoms with Crippen molar-refractivity contribution >= 4 is 17.5 Å². The number of amides is 2. The number of benzene rings is 2. The summed E-state index contributed by atoms with van der Waals surface area (Å²) in [6, 6.07) is 12.9. The van der Waals surface area contributed by atoms with Crippen molar-refractivity contribution in [1.82, 2.24) is 19.7 Å². The Bertz CT molecular complexity index is 1060. The van der Waals surface area contributed by atoms with Crippen molar-refractivity contribution in [1.29, 1.82) is 0 Å². The van der Waals surface area contributed by atoms with Gasteiger partial charge < -0.3 is 0 Å². The number of nitro benzene ring substituents is 1. The Morgan fingerprint density at radius 2 is 1.52 bits per heavy atom. The van der Waals surface area contributed by atoms with E-state index in [1.165, 1.54) is 17.0 Å². The van der Waals surface area contributed by atoms with Crippen LogP contribution in [0.25, 0.3) is 11.4 Å². The minimum absolute atomic E-state index is 0.0151. The standard InChI is InChI=1S/C20H17N5O4/c26-19-16-5-1-2-6-17(16)20(27)24(19)12-4-3-11-23-13-21-18(22-23)14-7-9-15(10-8-14)25(28)29/h1-2,5-10,13H,3-4,11-12H2. The van der Waals surface area contributed by atoms with Crippen molar-refractivity contribution in [2.75, 3.05) is 6.54 Å². The van der Waals surface area contributed by atoms with Crippen molar-refractivity contribution in [3.8, 4) is 11.4 Å². The number of non-ortho nitro benzene ring substituents is 1. The molecule has 4 rings (SSSR count). The van der Waals surface area contributed by atoms with Gasteiger partial charge in [0.05, 0.1) is 16.1 Å². The molecule has 29 heavy (non-hydrogen) atoms. The average molecular weight is 391 g/mol. The first-order valence-corrected chi connectivity index (χ1v) is 9.14. The molecule has 9 heteroatoms. The number of fused-ring (bicyclic) bond motifs is 1. The predicted molar refractivity (Wildman–Crippen MR) is 103 cm³/mol. The molecule has 0 atom stereocenters. The minimum atomic E-state index is -0.454. The van der Waals surface area contributed by atoms with E-state index in [1.54, 1.807) is 47.4 Å². The first-order chi connectivity index (χ1) is 14.0. The summed E-state index contributed by atoms with van der Waals surface area (Å²) in [5.41, 5.74) is 1.63. The molecule has 0 fully saturated rings. The zero-order valence-corrected chi connectivity index (χ0v) is 15.4. The Labute approximate surface area is 165 Å². The van der Waals surface area contributed by atoms with Crippen molar-refractivity contribution in [2.45, 2.75) is 19.4 Å². The van der Waals surface area contributed by atoms with Crippen LogP contribution >= 0.6 is 0 Å². The van der Waals surface area contributed by atoms with E-state index in [-0.39, 0.29) is 17.5 Å². The lowest BCUT2D eigenvalue weighted by atomic mass is 10.1. The highest BCUT2D eigenvalue weighted by molar-refractivity contribution is 6.21. The zero-order valence-electron chi connectivity index (χ0n) is 15.4. The van der Waals surface area contributed by atoms with Crippen LogP contribution in [0.4, 0.5) is 5.69 Å². The van der Waals surface area contributed by atoms with Gasteiger partial charge in [-0.2, -0.15) is 5.10 Å². The van der Waals surface area contributed by atoms with Gasteiger partial charge in [-0.25, -0.2) is 4.98 Å². The first kappa shape index (κ1) is 18.5. The molecule has 1 aliphatic heterocycles. The number of carbonyl (C=O) groups excluding carboxylic acids is 2. The second-order valence-corrected chi connectivity index (χ2v) is 6.65. The normalized spacial score (nSPS) is 13.0. The predicted octanol–water partition coefficient (Wildman–Crippen LogP) is 2.93. The fourth-order valence-electron chi connectivity index (χ4n) is 3.25. The number of aryl methyl sites for hydroxylation is 1. The monoisotopic (exact) mass is 391 g/mol. The molecule has 146 valence electrons. The van der Waals surface area contributed by atoms with Crippen LogP contribution in [0.15, 0.2) is 54.9 Å². The molecule has 1 aliphatic rings. The van der Waals surface area contributed by atoms with Gasteiger partial charge in [-0.3, -0.25) is 29.3 Å². The molecule has 0 N–H and O–H groups in total. The van der Waals surface area contributed by atoms with Crippen LogP contribution < -0.4 is 0 Å². The van der Waals surface area contributed by atoms with Gasteiger partial charge in [-0.1, -0.05) is 12.1 Å². The first-order valence-electron chi connectivity index (χ1n) is 9.14. The molecule has 2 aromatic carbocycles. The number of hydrogen-bond donors (Lipinski definition) is 0. The molecule has 0 radical (unpaired) electrons. The van der Waals surface area contributed by atoms with Gasteiger partial charge in [0.2, 0.25) is 0 Å². The highest BCUT2D eigenvalue weighted by atomic mass is 16.6. The number of carbonyl (C=O) groups is 2. The zero-order chi connectivity index (χ0) is 20.4. The summed E-state index contributed by atoms with van der Waals surface area (Å²) in [5, 5.41) is 15.1. The quantitative estimate of drug-likeness (QED) is 0.265. The van der Waals surface area contributed by atoms with Gasteiger partial charge in [0, 0.05) is 30.8 Å². The molecule has 9 nitrogen and oxygen atoms in total. The van der Waals surface area contributed by atoms with Gasteiger partial charge in [0.25, 0.3) is 17.5 Å². The third-order valence-electron chi connectivity index (χ3n) is 4.77. The lowest BCUT2D eigenvalue weighted by Crippen LogP contribution is -2.30. The van der Waals surface area contributed by atoms with Crippen LogP contribution in [0.1, 0.15) is 33.6 Å².